The summed E-state index contributed by atoms with van der Waals surface area (Å²) in [6.07, 6.45) is 2.60. The number of aliphatic imine (C=N–C) groups is 1. The number of ether oxygens (including phenoxy) is 1. The molecule has 1 fully saturated rings. The van der Waals surface area contributed by atoms with Crippen LogP contribution in [0, 0.1) is 0 Å². The van der Waals surface area contributed by atoms with Gasteiger partial charge in [-0.25, -0.2) is 0 Å². The summed E-state index contributed by atoms with van der Waals surface area (Å²) in [6, 6.07) is 1.93. The summed E-state index contributed by atoms with van der Waals surface area (Å²) in [5, 5.41) is 7.37. The number of nitrogens with zero attached hydrogens (tertiary/aromatic N) is 4. The Morgan fingerprint density at radius 3 is 2.75 bits per heavy atom. The smallest absolute Gasteiger partial charge is 0.194 e. The van der Waals surface area contributed by atoms with Crippen molar-refractivity contribution in [3.8, 4) is 0 Å². The summed E-state index contributed by atoms with van der Waals surface area (Å²) < 4.78 is 10.3. The molecule has 2 rings (SSSR count). The van der Waals surface area contributed by atoms with E-state index in [0.717, 1.165) is 77.1 Å². The third kappa shape index (κ3) is 7.35. The lowest BCUT2D eigenvalue weighted by atomic mass is 10.3. The zero-order chi connectivity index (χ0) is 16.3. The molecule has 0 aliphatic carbocycles. The average Bonchev–Trinajstić information content (AvgIpc) is 3.07. The van der Waals surface area contributed by atoms with Crippen LogP contribution in [0.2, 0.25) is 0 Å². The minimum absolute atomic E-state index is 0. The van der Waals surface area contributed by atoms with Gasteiger partial charge in [0.25, 0.3) is 0 Å². The van der Waals surface area contributed by atoms with Crippen LogP contribution in [0.25, 0.3) is 0 Å². The fourth-order valence-electron chi connectivity index (χ4n) is 2.59. The van der Waals surface area contributed by atoms with Crippen LogP contribution in [0.15, 0.2) is 21.8 Å². The molecule has 138 valence electrons. The van der Waals surface area contributed by atoms with Gasteiger partial charge in [0.15, 0.2) is 5.96 Å². The third-order valence-corrected chi connectivity index (χ3v) is 3.80. The maximum Gasteiger partial charge on any atom is 0.194 e. The van der Waals surface area contributed by atoms with E-state index in [-0.39, 0.29) is 24.0 Å². The lowest BCUT2D eigenvalue weighted by Gasteiger charge is -2.36. The first kappa shape index (κ1) is 21.2. The van der Waals surface area contributed by atoms with E-state index in [1.54, 1.807) is 6.26 Å². The molecule has 1 N–H and O–H groups in total. The molecule has 0 bridgehead atoms. The number of nitrogens with one attached hydrogen (secondary N) is 1. The number of aromatic nitrogens is 1. The van der Waals surface area contributed by atoms with E-state index in [1.165, 1.54) is 0 Å². The molecule has 1 aliphatic rings. The van der Waals surface area contributed by atoms with Crippen LogP contribution >= 0.6 is 24.0 Å². The number of hydrogen-bond acceptors (Lipinski definition) is 5. The van der Waals surface area contributed by atoms with Crippen molar-refractivity contribution in [2.24, 2.45) is 4.99 Å². The van der Waals surface area contributed by atoms with Crippen molar-refractivity contribution in [1.82, 2.24) is 20.3 Å². The topological polar surface area (TPSA) is 66.1 Å². The van der Waals surface area contributed by atoms with Crippen molar-refractivity contribution in [1.29, 1.82) is 0 Å². The monoisotopic (exact) mass is 451 g/mol. The molecule has 0 unspecified atom stereocenters. The van der Waals surface area contributed by atoms with E-state index >= 15 is 0 Å². The van der Waals surface area contributed by atoms with Gasteiger partial charge in [0.2, 0.25) is 0 Å². The van der Waals surface area contributed by atoms with E-state index in [0.29, 0.717) is 0 Å². The number of rotatable bonds is 8. The number of halogens is 1. The van der Waals surface area contributed by atoms with Gasteiger partial charge in [0.05, 0.1) is 5.69 Å². The molecule has 2 heterocycles. The maximum absolute atomic E-state index is 5.36. The predicted molar refractivity (Wildman–Crippen MR) is 106 cm³/mol. The second kappa shape index (κ2) is 12.5. The third-order valence-electron chi connectivity index (χ3n) is 3.80. The summed E-state index contributed by atoms with van der Waals surface area (Å²) in [5.74, 6) is 1.02. The number of hydrogen-bond donors (Lipinski definition) is 1. The fourth-order valence-corrected chi connectivity index (χ4v) is 2.59. The Bertz CT molecular complexity index is 447. The molecule has 1 aromatic heterocycles. The highest BCUT2D eigenvalue weighted by atomic mass is 127. The quantitative estimate of drug-likeness (QED) is 0.282. The molecule has 0 saturated carbocycles. The van der Waals surface area contributed by atoms with Gasteiger partial charge < -0.3 is 19.5 Å². The van der Waals surface area contributed by atoms with Gasteiger partial charge in [-0.2, -0.15) is 0 Å². The van der Waals surface area contributed by atoms with Crippen LogP contribution in [0.4, 0.5) is 0 Å². The molecule has 7 nitrogen and oxygen atoms in total. The molecular weight excluding hydrogens is 421 g/mol. The minimum atomic E-state index is 0. The second-order valence-electron chi connectivity index (χ2n) is 5.54. The van der Waals surface area contributed by atoms with Crippen molar-refractivity contribution >= 4 is 29.9 Å². The summed E-state index contributed by atoms with van der Waals surface area (Å²) in [6.45, 7) is 12.2. The maximum atomic E-state index is 5.36. The van der Waals surface area contributed by atoms with Crippen molar-refractivity contribution < 1.29 is 9.26 Å². The van der Waals surface area contributed by atoms with Crippen LogP contribution in [-0.4, -0.2) is 73.4 Å². The Balaban J connectivity index is 0.00000288. The Morgan fingerprint density at radius 2 is 2.12 bits per heavy atom. The Kier molecular flexibility index (Phi) is 11.0. The highest BCUT2D eigenvalue weighted by molar-refractivity contribution is 14.0. The van der Waals surface area contributed by atoms with E-state index in [9.17, 15) is 0 Å². The van der Waals surface area contributed by atoms with Crippen LogP contribution in [-0.2, 0) is 11.3 Å². The Morgan fingerprint density at radius 1 is 1.33 bits per heavy atom. The average molecular weight is 451 g/mol. The molecule has 0 radical (unpaired) electrons. The van der Waals surface area contributed by atoms with Gasteiger partial charge in [-0.1, -0.05) is 5.16 Å². The lowest BCUT2D eigenvalue weighted by Crippen LogP contribution is -2.52. The van der Waals surface area contributed by atoms with Crippen LogP contribution in [0.3, 0.4) is 0 Å². The molecule has 0 atom stereocenters. The zero-order valence-electron chi connectivity index (χ0n) is 14.7. The van der Waals surface area contributed by atoms with E-state index in [1.807, 2.05) is 13.0 Å². The predicted octanol–water partition coefficient (Wildman–Crippen LogP) is 1.80. The molecular formula is C16H30IN5O2. The number of guanidine groups is 1. The SMILES string of the molecule is CCNC(=NCCCOCC)N1CCN(Cc2ccon2)CC1.I. The molecule has 1 aromatic rings. The lowest BCUT2D eigenvalue weighted by molar-refractivity contribution is 0.146. The molecule has 0 amide bonds. The first-order chi connectivity index (χ1) is 11.3. The fraction of sp³-hybridized carbons (Fsp3) is 0.750. The van der Waals surface area contributed by atoms with E-state index < -0.39 is 0 Å². The summed E-state index contributed by atoms with van der Waals surface area (Å²) in [4.78, 5) is 9.45. The van der Waals surface area contributed by atoms with E-state index in [2.05, 4.69) is 27.2 Å². The summed E-state index contributed by atoms with van der Waals surface area (Å²) in [5.41, 5.74) is 0.995. The van der Waals surface area contributed by atoms with Gasteiger partial charge in [-0.15, -0.1) is 24.0 Å². The second-order valence-corrected chi connectivity index (χ2v) is 5.54. The highest BCUT2D eigenvalue weighted by Crippen LogP contribution is 2.07. The standard InChI is InChI=1S/C16H29N5O2.HI/c1-3-17-16(18-7-5-12-22-4-2)21-10-8-20(9-11-21)14-15-6-13-23-19-15;/h6,13H,3-5,7-12,14H2,1-2H3,(H,17,18);1H. The molecule has 0 spiro atoms. The zero-order valence-corrected chi connectivity index (χ0v) is 17.1. The molecule has 1 aliphatic heterocycles. The van der Waals surface area contributed by atoms with Crippen LogP contribution in [0.5, 0.6) is 0 Å². The summed E-state index contributed by atoms with van der Waals surface area (Å²) >= 11 is 0. The van der Waals surface area contributed by atoms with Crippen LogP contribution < -0.4 is 5.32 Å². The van der Waals surface area contributed by atoms with Gasteiger partial charge >= 0.3 is 0 Å². The van der Waals surface area contributed by atoms with Gasteiger partial charge in [0, 0.05) is 65.1 Å². The molecule has 1 saturated heterocycles. The Hall–Kier alpha value is -0.870. The minimum Gasteiger partial charge on any atom is -0.382 e. The van der Waals surface area contributed by atoms with Gasteiger partial charge in [-0.05, 0) is 20.3 Å². The van der Waals surface area contributed by atoms with E-state index in [4.69, 9.17) is 14.3 Å². The Labute approximate surface area is 161 Å². The number of piperazine rings is 1. The molecule has 24 heavy (non-hydrogen) atoms. The van der Waals surface area contributed by atoms with Gasteiger partial charge in [-0.3, -0.25) is 9.89 Å². The highest BCUT2D eigenvalue weighted by Gasteiger charge is 2.20. The molecule has 0 aromatic carbocycles. The van der Waals surface area contributed by atoms with Crippen molar-refractivity contribution in [2.75, 3.05) is 52.5 Å². The first-order valence-electron chi connectivity index (χ1n) is 8.56. The normalized spacial score (nSPS) is 16.1. The first-order valence-corrected chi connectivity index (χ1v) is 8.56. The van der Waals surface area contributed by atoms with Crippen LogP contribution in [0.1, 0.15) is 26.0 Å². The largest absolute Gasteiger partial charge is 0.382 e. The summed E-state index contributed by atoms with van der Waals surface area (Å²) in [7, 11) is 0. The molecule has 8 heteroatoms. The van der Waals surface area contributed by atoms with Crippen molar-refractivity contribution in [3.05, 3.63) is 18.0 Å². The van der Waals surface area contributed by atoms with Crippen molar-refractivity contribution in [3.63, 3.8) is 0 Å². The van der Waals surface area contributed by atoms with Crippen molar-refractivity contribution in [2.45, 2.75) is 26.8 Å². The van der Waals surface area contributed by atoms with Gasteiger partial charge in [0.1, 0.15) is 6.26 Å².